The third kappa shape index (κ3) is 2.35. The van der Waals surface area contributed by atoms with Crippen molar-refractivity contribution in [1.29, 1.82) is 0 Å². The molecule has 2 aliphatic heterocycles. The number of benzene rings is 1. The quantitative estimate of drug-likeness (QED) is 0.843. The zero-order valence-corrected chi connectivity index (χ0v) is 10.1. The molecule has 3 heteroatoms. The van der Waals surface area contributed by atoms with E-state index in [1.54, 1.807) is 12.1 Å². The minimum absolute atomic E-state index is 0.118. The lowest BCUT2D eigenvalue weighted by atomic mass is 9.90. The minimum Gasteiger partial charge on any atom is -0.312 e. The van der Waals surface area contributed by atoms with Crippen LogP contribution in [0.15, 0.2) is 18.2 Å². The predicted octanol–water partition coefficient (Wildman–Crippen LogP) is 2.11. The second kappa shape index (κ2) is 4.75. The van der Waals surface area contributed by atoms with Crippen molar-refractivity contribution in [3.8, 4) is 0 Å². The van der Waals surface area contributed by atoms with Crippen LogP contribution >= 0.6 is 0 Å². The first kappa shape index (κ1) is 11.2. The first-order chi connectivity index (χ1) is 8.33. The van der Waals surface area contributed by atoms with Crippen LogP contribution in [0.1, 0.15) is 29.9 Å². The summed E-state index contributed by atoms with van der Waals surface area (Å²) in [6.07, 6.45) is 2.66. The van der Waals surface area contributed by atoms with Crippen LogP contribution in [0.25, 0.3) is 0 Å². The Balaban J connectivity index is 1.78. The Kier molecular flexibility index (Phi) is 3.12. The van der Waals surface area contributed by atoms with Gasteiger partial charge < -0.3 is 10.2 Å². The standard InChI is InChI=1S/C14H19FN2/c15-13-3-4-14-11(7-13)8-16-9-12(14)10-17-5-1-2-6-17/h3-4,7,12,16H,1-2,5-6,8-10H2. The highest BCUT2D eigenvalue weighted by molar-refractivity contribution is 5.33. The second-order valence-electron chi connectivity index (χ2n) is 5.18. The summed E-state index contributed by atoms with van der Waals surface area (Å²) < 4.78 is 13.2. The van der Waals surface area contributed by atoms with Crippen LogP contribution in [0.5, 0.6) is 0 Å². The predicted molar refractivity (Wildman–Crippen MR) is 66.5 cm³/mol. The van der Waals surface area contributed by atoms with Gasteiger partial charge >= 0.3 is 0 Å². The Bertz CT molecular complexity index is 399. The van der Waals surface area contributed by atoms with Crippen LogP contribution in [0.3, 0.4) is 0 Å². The van der Waals surface area contributed by atoms with Gasteiger partial charge in [0.1, 0.15) is 5.82 Å². The van der Waals surface area contributed by atoms with E-state index in [9.17, 15) is 4.39 Å². The lowest BCUT2D eigenvalue weighted by Crippen LogP contribution is -2.35. The van der Waals surface area contributed by atoms with Crippen molar-refractivity contribution < 1.29 is 4.39 Å². The number of nitrogens with zero attached hydrogens (tertiary/aromatic N) is 1. The second-order valence-corrected chi connectivity index (χ2v) is 5.18. The number of hydrogen-bond donors (Lipinski definition) is 1. The van der Waals surface area contributed by atoms with E-state index in [1.165, 1.54) is 31.5 Å². The lowest BCUT2D eigenvalue weighted by Gasteiger charge is -2.29. The van der Waals surface area contributed by atoms with Crippen LogP contribution in [-0.4, -0.2) is 31.1 Å². The molecule has 2 heterocycles. The Labute approximate surface area is 102 Å². The van der Waals surface area contributed by atoms with E-state index in [1.807, 2.05) is 6.07 Å². The smallest absolute Gasteiger partial charge is 0.123 e. The average molecular weight is 234 g/mol. The summed E-state index contributed by atoms with van der Waals surface area (Å²) in [5.41, 5.74) is 2.48. The molecule has 0 bridgehead atoms. The van der Waals surface area contributed by atoms with Crippen molar-refractivity contribution >= 4 is 0 Å². The van der Waals surface area contributed by atoms with Crippen LogP contribution in [0.4, 0.5) is 4.39 Å². The van der Waals surface area contributed by atoms with Crippen molar-refractivity contribution in [2.75, 3.05) is 26.2 Å². The van der Waals surface area contributed by atoms with E-state index >= 15 is 0 Å². The maximum atomic E-state index is 13.2. The molecule has 1 aromatic rings. The monoisotopic (exact) mass is 234 g/mol. The first-order valence-electron chi connectivity index (χ1n) is 6.54. The van der Waals surface area contributed by atoms with E-state index in [4.69, 9.17) is 0 Å². The SMILES string of the molecule is Fc1ccc2c(c1)CNCC2CN1CCCC1. The summed E-state index contributed by atoms with van der Waals surface area (Å²) >= 11 is 0. The zero-order chi connectivity index (χ0) is 11.7. The zero-order valence-electron chi connectivity index (χ0n) is 10.1. The maximum Gasteiger partial charge on any atom is 0.123 e. The lowest BCUT2D eigenvalue weighted by molar-refractivity contribution is 0.303. The summed E-state index contributed by atoms with van der Waals surface area (Å²) in [6, 6.07) is 5.26. The fourth-order valence-corrected chi connectivity index (χ4v) is 3.06. The summed E-state index contributed by atoms with van der Waals surface area (Å²) in [5, 5.41) is 3.40. The topological polar surface area (TPSA) is 15.3 Å². The van der Waals surface area contributed by atoms with Crippen LogP contribution in [0, 0.1) is 5.82 Å². The van der Waals surface area contributed by atoms with Gasteiger partial charge in [0, 0.05) is 25.6 Å². The summed E-state index contributed by atoms with van der Waals surface area (Å²) in [7, 11) is 0. The highest BCUT2D eigenvalue weighted by Crippen LogP contribution is 2.26. The molecule has 1 N–H and O–H groups in total. The molecule has 1 atom stereocenters. The van der Waals surface area contributed by atoms with Crippen molar-refractivity contribution in [2.45, 2.75) is 25.3 Å². The number of halogens is 1. The summed E-state index contributed by atoms with van der Waals surface area (Å²) in [5.74, 6) is 0.407. The van der Waals surface area contributed by atoms with Crippen LogP contribution in [0.2, 0.25) is 0 Å². The molecule has 1 unspecified atom stereocenters. The molecule has 17 heavy (non-hydrogen) atoms. The Hall–Kier alpha value is -0.930. The molecule has 0 amide bonds. The molecular formula is C14H19FN2. The van der Waals surface area contributed by atoms with Gasteiger partial charge in [-0.15, -0.1) is 0 Å². The number of hydrogen-bond acceptors (Lipinski definition) is 2. The van der Waals surface area contributed by atoms with E-state index in [-0.39, 0.29) is 5.82 Å². The van der Waals surface area contributed by atoms with E-state index in [0.29, 0.717) is 5.92 Å². The van der Waals surface area contributed by atoms with Crippen molar-refractivity contribution in [2.24, 2.45) is 0 Å². The Morgan fingerprint density at radius 2 is 2.12 bits per heavy atom. The van der Waals surface area contributed by atoms with Gasteiger partial charge in [-0.05, 0) is 49.2 Å². The largest absolute Gasteiger partial charge is 0.312 e. The van der Waals surface area contributed by atoms with Gasteiger partial charge in [0.25, 0.3) is 0 Å². The van der Waals surface area contributed by atoms with Crippen molar-refractivity contribution in [3.63, 3.8) is 0 Å². The summed E-state index contributed by atoms with van der Waals surface area (Å²) in [6.45, 7) is 5.41. The molecule has 2 nitrogen and oxygen atoms in total. The highest BCUT2D eigenvalue weighted by atomic mass is 19.1. The minimum atomic E-state index is -0.118. The molecule has 1 fully saturated rings. The Morgan fingerprint density at radius 3 is 2.94 bits per heavy atom. The van der Waals surface area contributed by atoms with Gasteiger partial charge in [-0.2, -0.15) is 0 Å². The molecule has 92 valence electrons. The van der Waals surface area contributed by atoms with Gasteiger partial charge in [-0.3, -0.25) is 0 Å². The molecule has 0 radical (unpaired) electrons. The molecule has 0 aromatic heterocycles. The third-order valence-corrected chi connectivity index (χ3v) is 3.93. The normalized spacial score (nSPS) is 24.9. The number of fused-ring (bicyclic) bond motifs is 1. The van der Waals surface area contributed by atoms with Crippen molar-refractivity contribution in [3.05, 3.63) is 35.1 Å². The first-order valence-corrected chi connectivity index (χ1v) is 6.54. The van der Waals surface area contributed by atoms with E-state index in [2.05, 4.69) is 10.2 Å². The van der Waals surface area contributed by atoms with Gasteiger partial charge in [0.2, 0.25) is 0 Å². The number of likely N-dealkylation sites (tertiary alicyclic amines) is 1. The summed E-state index contributed by atoms with van der Waals surface area (Å²) in [4.78, 5) is 2.53. The van der Waals surface area contributed by atoms with Crippen molar-refractivity contribution in [1.82, 2.24) is 10.2 Å². The third-order valence-electron chi connectivity index (χ3n) is 3.93. The fourth-order valence-electron chi connectivity index (χ4n) is 3.06. The molecule has 0 saturated carbocycles. The molecule has 1 saturated heterocycles. The fraction of sp³-hybridized carbons (Fsp3) is 0.571. The average Bonchev–Trinajstić information content (AvgIpc) is 2.82. The van der Waals surface area contributed by atoms with Gasteiger partial charge in [0.15, 0.2) is 0 Å². The van der Waals surface area contributed by atoms with Crippen LogP contribution in [-0.2, 0) is 6.54 Å². The molecule has 0 spiro atoms. The Morgan fingerprint density at radius 1 is 1.29 bits per heavy atom. The van der Waals surface area contributed by atoms with Gasteiger partial charge in [0.05, 0.1) is 0 Å². The number of nitrogens with one attached hydrogen (secondary N) is 1. The van der Waals surface area contributed by atoms with Crippen LogP contribution < -0.4 is 5.32 Å². The van der Waals surface area contributed by atoms with E-state index < -0.39 is 0 Å². The maximum absolute atomic E-state index is 13.2. The molecule has 1 aromatic carbocycles. The molecule has 3 rings (SSSR count). The molecule has 0 aliphatic carbocycles. The number of rotatable bonds is 2. The molecular weight excluding hydrogens is 215 g/mol. The van der Waals surface area contributed by atoms with Gasteiger partial charge in [-0.1, -0.05) is 6.07 Å². The molecule has 2 aliphatic rings. The highest BCUT2D eigenvalue weighted by Gasteiger charge is 2.23. The van der Waals surface area contributed by atoms with Gasteiger partial charge in [-0.25, -0.2) is 4.39 Å². The van der Waals surface area contributed by atoms with E-state index in [0.717, 1.165) is 25.2 Å².